The number of rotatable bonds is 8. The third-order valence-corrected chi connectivity index (χ3v) is 4.84. The van der Waals surface area contributed by atoms with Gasteiger partial charge in [-0.2, -0.15) is 5.10 Å². The SMILES string of the molecule is CCNC(=NCc1ccc(OC)cc1OC1CCCC1)NCc1ncnn1C.I. The lowest BCUT2D eigenvalue weighted by Gasteiger charge is -2.17. The summed E-state index contributed by atoms with van der Waals surface area (Å²) < 4.78 is 13.4. The van der Waals surface area contributed by atoms with Crippen molar-refractivity contribution in [1.82, 2.24) is 25.4 Å². The van der Waals surface area contributed by atoms with Gasteiger partial charge in [-0.1, -0.05) is 0 Å². The zero-order valence-electron chi connectivity index (χ0n) is 17.4. The van der Waals surface area contributed by atoms with Crippen LogP contribution in [-0.2, 0) is 20.1 Å². The molecule has 0 spiro atoms. The molecule has 1 saturated carbocycles. The summed E-state index contributed by atoms with van der Waals surface area (Å²) in [5, 5.41) is 10.7. The van der Waals surface area contributed by atoms with Gasteiger partial charge in [0.05, 0.1) is 26.3 Å². The largest absolute Gasteiger partial charge is 0.497 e. The minimum Gasteiger partial charge on any atom is -0.497 e. The van der Waals surface area contributed by atoms with E-state index in [1.54, 1.807) is 18.1 Å². The maximum atomic E-state index is 6.26. The Morgan fingerprint density at radius 2 is 2.07 bits per heavy atom. The van der Waals surface area contributed by atoms with Crippen molar-refractivity contribution in [2.75, 3.05) is 13.7 Å². The monoisotopic (exact) mass is 514 g/mol. The molecule has 0 radical (unpaired) electrons. The number of hydrogen-bond acceptors (Lipinski definition) is 5. The van der Waals surface area contributed by atoms with Crippen LogP contribution in [0.4, 0.5) is 0 Å². The van der Waals surface area contributed by atoms with Gasteiger partial charge in [0.2, 0.25) is 0 Å². The van der Waals surface area contributed by atoms with Gasteiger partial charge >= 0.3 is 0 Å². The Kier molecular flexibility index (Phi) is 9.49. The molecule has 0 saturated heterocycles. The molecule has 1 heterocycles. The molecule has 0 unspecified atom stereocenters. The predicted octanol–water partition coefficient (Wildman–Crippen LogP) is 3.02. The van der Waals surface area contributed by atoms with E-state index in [9.17, 15) is 0 Å². The van der Waals surface area contributed by atoms with E-state index < -0.39 is 0 Å². The summed E-state index contributed by atoms with van der Waals surface area (Å²) in [7, 11) is 3.55. The first-order valence-electron chi connectivity index (χ1n) is 9.88. The average Bonchev–Trinajstić information content (AvgIpc) is 3.36. The van der Waals surface area contributed by atoms with E-state index in [1.807, 2.05) is 32.2 Å². The highest BCUT2D eigenvalue weighted by Gasteiger charge is 2.18. The van der Waals surface area contributed by atoms with Crippen LogP contribution < -0.4 is 20.1 Å². The number of methoxy groups -OCH3 is 1. The Labute approximate surface area is 189 Å². The Morgan fingerprint density at radius 3 is 2.72 bits per heavy atom. The van der Waals surface area contributed by atoms with Crippen LogP contribution >= 0.6 is 24.0 Å². The molecule has 0 atom stereocenters. The molecule has 3 rings (SSSR count). The lowest BCUT2D eigenvalue weighted by Crippen LogP contribution is -2.37. The number of aromatic nitrogens is 3. The summed E-state index contributed by atoms with van der Waals surface area (Å²) in [6.45, 7) is 3.89. The summed E-state index contributed by atoms with van der Waals surface area (Å²) in [6, 6.07) is 5.94. The molecule has 0 aliphatic heterocycles. The van der Waals surface area contributed by atoms with E-state index >= 15 is 0 Å². The maximum Gasteiger partial charge on any atom is 0.191 e. The second kappa shape index (κ2) is 11.8. The van der Waals surface area contributed by atoms with E-state index in [1.165, 1.54) is 12.8 Å². The first-order valence-corrected chi connectivity index (χ1v) is 9.88. The fourth-order valence-electron chi connectivity index (χ4n) is 3.24. The van der Waals surface area contributed by atoms with Crippen LogP contribution in [0.15, 0.2) is 29.5 Å². The van der Waals surface area contributed by atoms with Crippen molar-refractivity contribution in [2.24, 2.45) is 12.0 Å². The number of nitrogens with zero attached hydrogens (tertiary/aromatic N) is 4. The molecule has 0 amide bonds. The van der Waals surface area contributed by atoms with Crippen LogP contribution in [0.5, 0.6) is 11.5 Å². The third-order valence-electron chi connectivity index (χ3n) is 4.84. The van der Waals surface area contributed by atoms with Gasteiger partial charge in [0.1, 0.15) is 23.7 Å². The summed E-state index contributed by atoms with van der Waals surface area (Å²) in [5.41, 5.74) is 1.04. The Bertz CT molecular complexity index is 789. The number of benzene rings is 1. The first-order chi connectivity index (χ1) is 13.7. The minimum absolute atomic E-state index is 0. The molecule has 0 bridgehead atoms. The smallest absolute Gasteiger partial charge is 0.191 e. The summed E-state index contributed by atoms with van der Waals surface area (Å²) in [6.07, 6.45) is 6.53. The molecule has 1 aromatic heterocycles. The molecule has 29 heavy (non-hydrogen) atoms. The lowest BCUT2D eigenvalue weighted by molar-refractivity contribution is 0.207. The van der Waals surface area contributed by atoms with E-state index in [0.29, 0.717) is 13.1 Å². The van der Waals surface area contributed by atoms with Crippen molar-refractivity contribution in [1.29, 1.82) is 0 Å². The quantitative estimate of drug-likeness (QED) is 0.320. The van der Waals surface area contributed by atoms with E-state index in [0.717, 1.165) is 48.2 Å². The first kappa shape index (κ1) is 23.2. The topological polar surface area (TPSA) is 85.6 Å². The van der Waals surface area contributed by atoms with E-state index in [4.69, 9.17) is 14.5 Å². The molecule has 160 valence electrons. The number of ether oxygens (including phenoxy) is 2. The normalized spacial score (nSPS) is 14.4. The van der Waals surface area contributed by atoms with Gasteiger partial charge in [0, 0.05) is 25.2 Å². The summed E-state index contributed by atoms with van der Waals surface area (Å²) >= 11 is 0. The van der Waals surface area contributed by atoms with Crippen LogP contribution in [-0.4, -0.2) is 40.5 Å². The van der Waals surface area contributed by atoms with Gasteiger partial charge in [0.15, 0.2) is 5.96 Å². The van der Waals surface area contributed by atoms with Crippen molar-refractivity contribution in [3.05, 3.63) is 35.9 Å². The van der Waals surface area contributed by atoms with Crippen LogP contribution in [0.3, 0.4) is 0 Å². The molecule has 1 aromatic carbocycles. The zero-order valence-corrected chi connectivity index (χ0v) is 19.7. The predicted molar refractivity (Wildman–Crippen MR) is 124 cm³/mol. The molecule has 2 aromatic rings. The molecule has 9 heteroatoms. The molecule has 1 fully saturated rings. The number of aliphatic imine (C=N–C) groups is 1. The minimum atomic E-state index is 0. The van der Waals surface area contributed by atoms with E-state index in [2.05, 4.69) is 20.7 Å². The second-order valence-corrected chi connectivity index (χ2v) is 6.85. The molecular weight excluding hydrogens is 483 g/mol. The van der Waals surface area contributed by atoms with Gasteiger partial charge in [-0.25, -0.2) is 9.98 Å². The maximum absolute atomic E-state index is 6.26. The Balaban J connectivity index is 0.00000300. The van der Waals surface area contributed by atoms with Crippen molar-refractivity contribution in [2.45, 2.75) is 51.8 Å². The van der Waals surface area contributed by atoms with Crippen LogP contribution in [0, 0.1) is 0 Å². The highest BCUT2D eigenvalue weighted by atomic mass is 127. The molecule has 1 aliphatic rings. The third kappa shape index (κ3) is 6.76. The van der Waals surface area contributed by atoms with Crippen molar-refractivity contribution in [3.8, 4) is 11.5 Å². The van der Waals surface area contributed by atoms with Gasteiger partial charge < -0.3 is 20.1 Å². The average molecular weight is 514 g/mol. The van der Waals surface area contributed by atoms with Crippen molar-refractivity contribution in [3.63, 3.8) is 0 Å². The second-order valence-electron chi connectivity index (χ2n) is 6.85. The number of hydrogen-bond donors (Lipinski definition) is 2. The van der Waals surface area contributed by atoms with Crippen LogP contribution in [0.2, 0.25) is 0 Å². The lowest BCUT2D eigenvalue weighted by atomic mass is 10.2. The van der Waals surface area contributed by atoms with E-state index in [-0.39, 0.29) is 30.1 Å². The highest BCUT2D eigenvalue weighted by Crippen LogP contribution is 2.30. The Morgan fingerprint density at radius 1 is 1.28 bits per heavy atom. The van der Waals surface area contributed by atoms with Crippen molar-refractivity contribution >= 4 is 29.9 Å². The molecule has 1 aliphatic carbocycles. The number of aryl methyl sites for hydroxylation is 1. The standard InChI is InChI=1S/C20H30N6O2.HI/c1-4-21-20(23-13-19-24-14-25-26(19)2)22-12-15-9-10-17(27-3)11-18(15)28-16-7-5-6-8-16;/h9-11,14,16H,4-8,12-13H2,1-3H3,(H2,21,22,23);1H. The summed E-state index contributed by atoms with van der Waals surface area (Å²) in [5.74, 6) is 3.24. The van der Waals surface area contributed by atoms with Gasteiger partial charge in [-0.05, 0) is 44.7 Å². The summed E-state index contributed by atoms with van der Waals surface area (Å²) in [4.78, 5) is 8.95. The Hall–Kier alpha value is -2.04. The number of nitrogens with one attached hydrogen (secondary N) is 2. The zero-order chi connectivity index (χ0) is 19.8. The van der Waals surface area contributed by atoms with Crippen molar-refractivity contribution < 1.29 is 9.47 Å². The van der Waals surface area contributed by atoms with Crippen LogP contribution in [0.25, 0.3) is 0 Å². The number of guanidine groups is 1. The number of halogens is 1. The molecule has 8 nitrogen and oxygen atoms in total. The molecule has 2 N–H and O–H groups in total. The van der Waals surface area contributed by atoms with Gasteiger partial charge in [-0.15, -0.1) is 24.0 Å². The highest BCUT2D eigenvalue weighted by molar-refractivity contribution is 14.0. The van der Waals surface area contributed by atoms with Crippen LogP contribution in [0.1, 0.15) is 44.0 Å². The fourth-order valence-corrected chi connectivity index (χ4v) is 3.24. The van der Waals surface area contributed by atoms with Gasteiger partial charge in [0.25, 0.3) is 0 Å². The molecular formula is C20H31IN6O2. The van der Waals surface area contributed by atoms with Gasteiger partial charge in [-0.3, -0.25) is 4.68 Å². The fraction of sp³-hybridized carbons (Fsp3) is 0.550.